The van der Waals surface area contributed by atoms with Gasteiger partial charge >= 0.3 is 0 Å². The number of rotatable bonds is 5. The van der Waals surface area contributed by atoms with Crippen molar-refractivity contribution in [2.75, 3.05) is 13.7 Å². The van der Waals surface area contributed by atoms with Gasteiger partial charge in [-0.1, -0.05) is 12.7 Å². The molecule has 5 heteroatoms. The van der Waals surface area contributed by atoms with Crippen molar-refractivity contribution >= 4 is 5.97 Å². The van der Waals surface area contributed by atoms with E-state index in [2.05, 4.69) is 39.9 Å². The van der Waals surface area contributed by atoms with Crippen molar-refractivity contribution in [2.45, 2.75) is 20.0 Å². The van der Waals surface area contributed by atoms with E-state index in [0.29, 0.717) is 0 Å². The summed E-state index contributed by atoms with van der Waals surface area (Å²) in [5.41, 5.74) is 0. The number of carbonyl (C=O) groups is 1. The van der Waals surface area contributed by atoms with Crippen LogP contribution in [0.25, 0.3) is 0 Å². The Hall–Kier alpha value is -1.62. The maximum absolute atomic E-state index is 9.36. The second-order valence-electron chi connectivity index (χ2n) is 3.03. The van der Waals surface area contributed by atoms with Crippen molar-refractivity contribution in [2.24, 2.45) is 0 Å². The summed E-state index contributed by atoms with van der Waals surface area (Å²) in [6.45, 7) is 7.39. The van der Waals surface area contributed by atoms with Crippen LogP contribution >= 0.6 is 0 Å². The molecule has 0 aliphatic carbocycles. The number of carbonyl (C=O) groups excluding carboxylic acids is 1. The standard InChI is InChI=1S/C8H13N2.C3H6O3/c1-3-5-10-7-6-9(4-2)8-10;1-6-2-3(4)5/h3,6-8H,1,4-5H2,2H3;2H2,1H3,(H,4,5)/q+1;/p-1. The van der Waals surface area contributed by atoms with Crippen molar-refractivity contribution in [1.82, 2.24) is 4.57 Å². The summed E-state index contributed by atoms with van der Waals surface area (Å²) >= 11 is 0. The van der Waals surface area contributed by atoms with Crippen LogP contribution in [0.15, 0.2) is 31.4 Å². The van der Waals surface area contributed by atoms with Crippen LogP contribution in [0.4, 0.5) is 0 Å². The van der Waals surface area contributed by atoms with E-state index in [0.717, 1.165) is 13.1 Å². The molecular weight excluding hydrogens is 208 g/mol. The minimum atomic E-state index is -1.18. The smallest absolute Gasteiger partial charge is 0.244 e. The molecule has 0 atom stereocenters. The van der Waals surface area contributed by atoms with Gasteiger partial charge in [0.2, 0.25) is 6.33 Å². The van der Waals surface area contributed by atoms with Crippen molar-refractivity contribution in [3.63, 3.8) is 0 Å². The van der Waals surface area contributed by atoms with Crippen LogP contribution in [0.3, 0.4) is 0 Å². The van der Waals surface area contributed by atoms with Gasteiger partial charge in [-0.15, -0.1) is 0 Å². The van der Waals surface area contributed by atoms with Crippen LogP contribution in [0.5, 0.6) is 0 Å². The highest BCUT2D eigenvalue weighted by atomic mass is 16.5. The zero-order valence-electron chi connectivity index (χ0n) is 9.76. The van der Waals surface area contributed by atoms with Crippen molar-refractivity contribution in [3.05, 3.63) is 31.4 Å². The first kappa shape index (κ1) is 14.4. The van der Waals surface area contributed by atoms with E-state index in [1.165, 1.54) is 7.11 Å². The Kier molecular flexibility index (Phi) is 7.79. The predicted octanol–water partition coefficient (Wildman–Crippen LogP) is -0.636. The Morgan fingerprint density at radius 3 is 2.69 bits per heavy atom. The first-order valence-corrected chi connectivity index (χ1v) is 4.98. The number of imidazole rings is 1. The lowest BCUT2D eigenvalue weighted by Crippen LogP contribution is -2.29. The molecule has 0 N–H and O–H groups in total. The number of aliphatic carboxylic acids is 1. The lowest BCUT2D eigenvalue weighted by Gasteiger charge is -1.94. The number of aryl methyl sites for hydroxylation is 1. The average Bonchev–Trinajstić information content (AvgIpc) is 2.67. The van der Waals surface area contributed by atoms with E-state index >= 15 is 0 Å². The van der Waals surface area contributed by atoms with Gasteiger partial charge in [-0.3, -0.25) is 0 Å². The molecule has 1 aromatic rings. The van der Waals surface area contributed by atoms with Gasteiger partial charge < -0.3 is 14.6 Å². The molecule has 0 spiro atoms. The first-order valence-electron chi connectivity index (χ1n) is 4.98. The monoisotopic (exact) mass is 226 g/mol. The zero-order chi connectivity index (χ0) is 12.4. The molecule has 0 saturated heterocycles. The molecule has 0 aliphatic heterocycles. The van der Waals surface area contributed by atoms with Crippen LogP contribution in [0, 0.1) is 0 Å². The Balaban J connectivity index is 0.000000325. The van der Waals surface area contributed by atoms with Gasteiger partial charge in [0.15, 0.2) is 0 Å². The molecule has 1 rings (SSSR count). The molecule has 0 saturated carbocycles. The molecule has 90 valence electrons. The van der Waals surface area contributed by atoms with Crippen molar-refractivity contribution in [3.8, 4) is 0 Å². The van der Waals surface area contributed by atoms with E-state index < -0.39 is 5.97 Å². The van der Waals surface area contributed by atoms with Crippen LogP contribution in [-0.4, -0.2) is 24.3 Å². The average molecular weight is 226 g/mol. The third-order valence-electron chi connectivity index (χ3n) is 1.71. The molecule has 0 amide bonds. The molecule has 5 nitrogen and oxygen atoms in total. The summed E-state index contributed by atoms with van der Waals surface area (Å²) in [6, 6.07) is 0. The topological polar surface area (TPSA) is 58.2 Å². The van der Waals surface area contributed by atoms with Gasteiger partial charge in [0, 0.05) is 7.11 Å². The normalized spacial score (nSPS) is 9.12. The molecule has 1 aromatic heterocycles. The van der Waals surface area contributed by atoms with Gasteiger partial charge in [-0.2, -0.15) is 0 Å². The summed E-state index contributed by atoms with van der Waals surface area (Å²) in [5.74, 6) is -1.18. The number of hydrogen-bond acceptors (Lipinski definition) is 3. The number of carboxylic acids is 1. The van der Waals surface area contributed by atoms with E-state index in [4.69, 9.17) is 0 Å². The van der Waals surface area contributed by atoms with Crippen LogP contribution in [0.1, 0.15) is 6.92 Å². The second kappa shape index (κ2) is 8.67. The Morgan fingerprint density at radius 2 is 2.38 bits per heavy atom. The quantitative estimate of drug-likeness (QED) is 0.496. The Morgan fingerprint density at radius 1 is 1.69 bits per heavy atom. The largest absolute Gasteiger partial charge is 0.548 e. The molecule has 0 fully saturated rings. The van der Waals surface area contributed by atoms with Crippen molar-refractivity contribution in [1.29, 1.82) is 0 Å². The van der Waals surface area contributed by atoms with E-state index in [-0.39, 0.29) is 6.61 Å². The fraction of sp³-hybridized carbons (Fsp3) is 0.455. The second-order valence-corrected chi connectivity index (χ2v) is 3.03. The van der Waals surface area contributed by atoms with E-state index in [9.17, 15) is 9.90 Å². The van der Waals surface area contributed by atoms with Crippen LogP contribution < -0.4 is 9.67 Å². The zero-order valence-corrected chi connectivity index (χ0v) is 9.76. The number of allylic oxidation sites excluding steroid dienone is 1. The Bertz CT molecular complexity index is 321. The number of hydrogen-bond donors (Lipinski definition) is 0. The maximum Gasteiger partial charge on any atom is 0.244 e. The molecule has 1 heterocycles. The Labute approximate surface area is 95.6 Å². The van der Waals surface area contributed by atoms with Crippen LogP contribution in [-0.2, 0) is 22.6 Å². The summed E-state index contributed by atoms with van der Waals surface area (Å²) in [5, 5.41) is 9.36. The third kappa shape index (κ3) is 6.78. The fourth-order valence-electron chi connectivity index (χ4n) is 1.00. The maximum atomic E-state index is 9.36. The minimum Gasteiger partial charge on any atom is -0.548 e. The summed E-state index contributed by atoms with van der Waals surface area (Å²) in [4.78, 5) is 9.36. The molecule has 0 radical (unpaired) electrons. The highest BCUT2D eigenvalue weighted by molar-refractivity contribution is 5.65. The lowest BCUT2D eigenvalue weighted by molar-refractivity contribution is -0.686. The van der Waals surface area contributed by atoms with Crippen LogP contribution in [0.2, 0.25) is 0 Å². The third-order valence-corrected chi connectivity index (χ3v) is 1.71. The van der Waals surface area contributed by atoms with Gasteiger partial charge in [-0.05, 0) is 6.92 Å². The molecular formula is C11H18N2O3. The van der Waals surface area contributed by atoms with Gasteiger partial charge in [0.1, 0.15) is 18.9 Å². The lowest BCUT2D eigenvalue weighted by atomic mass is 10.6. The highest BCUT2D eigenvalue weighted by Crippen LogP contribution is 1.82. The molecule has 0 unspecified atom stereocenters. The van der Waals surface area contributed by atoms with Crippen molar-refractivity contribution < 1.29 is 19.2 Å². The number of ether oxygens (including phenoxy) is 1. The number of nitrogens with zero attached hydrogens (tertiary/aromatic N) is 2. The molecule has 16 heavy (non-hydrogen) atoms. The predicted molar refractivity (Wildman–Crippen MR) is 57.4 cm³/mol. The van der Waals surface area contributed by atoms with Gasteiger partial charge in [0.05, 0.1) is 19.1 Å². The number of aromatic nitrogens is 2. The summed E-state index contributed by atoms with van der Waals surface area (Å²) in [6.07, 6.45) is 8.07. The molecule has 0 aliphatic rings. The summed E-state index contributed by atoms with van der Waals surface area (Å²) < 4.78 is 8.36. The minimum absolute atomic E-state index is 0.319. The summed E-state index contributed by atoms with van der Waals surface area (Å²) in [7, 11) is 1.30. The van der Waals surface area contributed by atoms with Gasteiger partial charge in [-0.25, -0.2) is 9.13 Å². The number of carboxylic acid groups (broad SMARTS) is 1. The SMILES string of the molecule is C=CC[n+]1ccn(CC)c1.COCC(=O)[O-]. The molecule has 0 bridgehead atoms. The highest BCUT2D eigenvalue weighted by Gasteiger charge is 1.96. The van der Waals surface area contributed by atoms with Gasteiger partial charge in [0.25, 0.3) is 0 Å². The van der Waals surface area contributed by atoms with E-state index in [1.807, 2.05) is 12.3 Å². The molecule has 0 aromatic carbocycles. The number of methoxy groups -OCH3 is 1. The fourth-order valence-corrected chi connectivity index (χ4v) is 1.00. The van der Waals surface area contributed by atoms with E-state index in [1.54, 1.807) is 0 Å². The first-order chi connectivity index (χ1) is 7.63.